The highest BCUT2D eigenvalue weighted by atomic mass is 32.3. The Morgan fingerprint density at radius 3 is 2.21 bits per heavy atom. The maximum Gasteiger partial charge on any atom is 0.523 e. The van der Waals surface area contributed by atoms with Gasteiger partial charge in [0.05, 0.1) is 6.61 Å². The van der Waals surface area contributed by atoms with Gasteiger partial charge < -0.3 is 4.74 Å². The Bertz CT molecular complexity index is 636. The van der Waals surface area contributed by atoms with Gasteiger partial charge in [-0.15, -0.1) is 0 Å². The first-order valence-corrected chi connectivity index (χ1v) is 11.0. The lowest BCUT2D eigenvalue weighted by atomic mass is 10.3. The Kier molecular flexibility index (Phi) is 6.09. The molecule has 1 heterocycles. The molecule has 0 saturated carbocycles. The van der Waals surface area contributed by atoms with Gasteiger partial charge in [-0.3, -0.25) is 0 Å². The molecule has 1 aliphatic rings. The summed E-state index contributed by atoms with van der Waals surface area (Å²) in [6, 6.07) is 6.55. The molecule has 0 amide bonds. The van der Waals surface area contributed by atoms with Gasteiger partial charge in [-0.05, 0) is 43.5 Å². The van der Waals surface area contributed by atoms with Gasteiger partial charge in [-0.1, -0.05) is 23.7 Å². The van der Waals surface area contributed by atoms with E-state index in [2.05, 4.69) is 0 Å². The van der Waals surface area contributed by atoms with E-state index in [9.17, 15) is 21.6 Å². The molecular weight excluding hydrogens is 365 g/mol. The van der Waals surface area contributed by atoms with Crippen LogP contribution in [0.2, 0.25) is 0 Å². The zero-order valence-electron chi connectivity index (χ0n) is 13.3. The molecule has 24 heavy (non-hydrogen) atoms. The van der Waals surface area contributed by atoms with E-state index in [0.29, 0.717) is 41.6 Å². The summed E-state index contributed by atoms with van der Waals surface area (Å²) in [4.78, 5) is 0.510. The summed E-state index contributed by atoms with van der Waals surface area (Å²) in [6.07, 6.45) is 3.20. The van der Waals surface area contributed by atoms with Crippen molar-refractivity contribution >= 4 is 20.4 Å². The Labute approximate surface area is 142 Å². The van der Waals surface area contributed by atoms with Crippen LogP contribution in [0.1, 0.15) is 32.6 Å². The summed E-state index contributed by atoms with van der Waals surface area (Å²) in [5, 5.41) is 0. The zero-order chi connectivity index (χ0) is 17.8. The van der Waals surface area contributed by atoms with Crippen LogP contribution in [0.4, 0.5) is 13.2 Å². The topological polar surface area (TPSA) is 52.6 Å². The molecule has 4 nitrogen and oxygen atoms in total. The molecule has 1 aromatic carbocycles. The van der Waals surface area contributed by atoms with Crippen molar-refractivity contribution in [1.29, 1.82) is 0 Å². The number of hydrogen-bond acceptors (Lipinski definition) is 4. The van der Waals surface area contributed by atoms with Crippen LogP contribution >= 0.6 is 10.3 Å². The number of benzene rings is 1. The minimum Gasteiger partial charge on any atom is -0.494 e. The van der Waals surface area contributed by atoms with Crippen LogP contribution in [-0.2, 0) is 13.7 Å². The summed E-state index contributed by atoms with van der Waals surface area (Å²) in [5.41, 5.74) is -5.40. The fourth-order valence-electron chi connectivity index (χ4n) is 2.44. The highest BCUT2D eigenvalue weighted by molar-refractivity contribution is 8.33. The molecule has 0 spiro atoms. The fraction of sp³-hybridized carbons (Fsp3) is 0.600. The van der Waals surface area contributed by atoms with Crippen LogP contribution in [0.3, 0.4) is 0 Å². The Balaban J connectivity index is 2.21. The van der Waals surface area contributed by atoms with E-state index in [1.807, 2.05) is 6.92 Å². The van der Waals surface area contributed by atoms with Crippen LogP contribution in [0.25, 0.3) is 0 Å². The molecule has 0 N–H and O–H groups in total. The summed E-state index contributed by atoms with van der Waals surface area (Å²) in [5.74, 6) is 1.25. The van der Waals surface area contributed by atoms with Crippen molar-refractivity contribution in [3.63, 3.8) is 0 Å². The van der Waals surface area contributed by atoms with Crippen molar-refractivity contribution in [1.82, 2.24) is 0 Å². The number of rotatable bonds is 7. The number of halogens is 3. The normalized spacial score (nSPS) is 19.2. The molecule has 0 unspecified atom stereocenters. The molecule has 9 heteroatoms. The van der Waals surface area contributed by atoms with Crippen LogP contribution in [0, 0.1) is 0 Å². The van der Waals surface area contributed by atoms with Crippen LogP contribution in [-0.4, -0.2) is 32.0 Å². The summed E-state index contributed by atoms with van der Waals surface area (Å²) in [7, 11) is -8.10. The SMILES string of the molecule is CCCCOc1ccc(S2(OS(=O)(=O)C(F)(F)F)CCCC2)cc1. The van der Waals surface area contributed by atoms with Crippen LogP contribution in [0.5, 0.6) is 5.75 Å². The second-order valence-electron chi connectivity index (χ2n) is 5.57. The number of alkyl halides is 3. The monoisotopic (exact) mass is 386 g/mol. The molecule has 1 fully saturated rings. The molecular formula is C15H21F3O4S2. The predicted molar refractivity (Wildman–Crippen MR) is 87.7 cm³/mol. The molecule has 0 atom stereocenters. The van der Waals surface area contributed by atoms with E-state index < -0.39 is 25.9 Å². The minimum absolute atomic E-state index is 0.318. The number of unbranched alkanes of at least 4 members (excludes halogenated alkanes) is 1. The number of hydrogen-bond donors (Lipinski definition) is 0. The van der Waals surface area contributed by atoms with Gasteiger partial charge in [0.15, 0.2) is 0 Å². The average molecular weight is 386 g/mol. The Hall–Kier alpha value is -0.930. The first-order valence-electron chi connectivity index (χ1n) is 7.74. The van der Waals surface area contributed by atoms with E-state index in [4.69, 9.17) is 8.37 Å². The highest BCUT2D eigenvalue weighted by Crippen LogP contribution is 2.63. The molecule has 0 aliphatic carbocycles. The third-order valence-corrected chi connectivity index (χ3v) is 9.07. The molecule has 0 aromatic heterocycles. The average Bonchev–Trinajstić information content (AvgIpc) is 2.96. The van der Waals surface area contributed by atoms with Crippen molar-refractivity contribution in [2.24, 2.45) is 0 Å². The van der Waals surface area contributed by atoms with E-state index >= 15 is 0 Å². The highest BCUT2D eigenvalue weighted by Gasteiger charge is 2.51. The zero-order valence-corrected chi connectivity index (χ0v) is 15.0. The Morgan fingerprint density at radius 2 is 1.71 bits per heavy atom. The smallest absolute Gasteiger partial charge is 0.494 e. The quantitative estimate of drug-likeness (QED) is 0.507. The number of ether oxygens (including phenoxy) is 1. The van der Waals surface area contributed by atoms with E-state index in [1.54, 1.807) is 24.3 Å². The van der Waals surface area contributed by atoms with Gasteiger partial charge in [0.1, 0.15) is 5.75 Å². The summed E-state index contributed by atoms with van der Waals surface area (Å²) in [6.45, 7) is 2.60. The molecule has 0 radical (unpaired) electrons. The van der Waals surface area contributed by atoms with Gasteiger partial charge in [-0.2, -0.15) is 21.6 Å². The maximum atomic E-state index is 12.7. The largest absolute Gasteiger partial charge is 0.523 e. The first kappa shape index (κ1) is 19.4. The molecule has 2 rings (SSSR count). The van der Waals surface area contributed by atoms with Crippen molar-refractivity contribution < 1.29 is 30.0 Å². The summed E-state index contributed by atoms with van der Waals surface area (Å²) < 4.78 is 71.3. The lowest BCUT2D eigenvalue weighted by Gasteiger charge is -2.34. The second kappa shape index (κ2) is 7.53. The van der Waals surface area contributed by atoms with Crippen molar-refractivity contribution in [3.05, 3.63) is 24.3 Å². The van der Waals surface area contributed by atoms with Crippen LogP contribution < -0.4 is 4.74 Å². The lowest BCUT2D eigenvalue weighted by molar-refractivity contribution is -0.0496. The standard InChI is InChI=1S/C15H21F3O4S2/c1-2-3-10-21-13-6-8-14(9-7-13)23(11-4-5-12-23)22-24(19,20)15(16,17)18/h6-9H,2-5,10-12H2,1H3. The van der Waals surface area contributed by atoms with E-state index in [-0.39, 0.29) is 0 Å². The van der Waals surface area contributed by atoms with E-state index in [0.717, 1.165) is 12.8 Å². The molecule has 1 saturated heterocycles. The molecule has 0 bridgehead atoms. The van der Waals surface area contributed by atoms with Gasteiger partial charge in [0.25, 0.3) is 0 Å². The Morgan fingerprint density at radius 1 is 1.12 bits per heavy atom. The van der Waals surface area contributed by atoms with Crippen molar-refractivity contribution in [2.45, 2.75) is 43.0 Å². The lowest BCUT2D eigenvalue weighted by Crippen LogP contribution is -2.27. The van der Waals surface area contributed by atoms with Crippen LogP contribution in [0.15, 0.2) is 29.2 Å². The predicted octanol–water partition coefficient (Wildman–Crippen LogP) is 4.60. The summed E-state index contributed by atoms with van der Waals surface area (Å²) >= 11 is 0. The first-order chi connectivity index (χ1) is 11.2. The molecule has 1 aromatic rings. The molecule has 138 valence electrons. The van der Waals surface area contributed by atoms with Gasteiger partial charge in [-0.25, -0.2) is 3.63 Å². The second-order valence-corrected chi connectivity index (χ2v) is 10.4. The van der Waals surface area contributed by atoms with Crippen molar-refractivity contribution in [2.75, 3.05) is 18.1 Å². The minimum atomic E-state index is -5.61. The van der Waals surface area contributed by atoms with Gasteiger partial charge >= 0.3 is 15.6 Å². The van der Waals surface area contributed by atoms with Crippen molar-refractivity contribution in [3.8, 4) is 5.75 Å². The third-order valence-electron chi connectivity index (χ3n) is 3.72. The van der Waals surface area contributed by atoms with E-state index in [1.165, 1.54) is 0 Å². The molecule has 1 aliphatic heterocycles. The van der Waals surface area contributed by atoms with Gasteiger partial charge in [0.2, 0.25) is 0 Å². The van der Waals surface area contributed by atoms with Gasteiger partial charge in [0, 0.05) is 16.4 Å². The fourth-order valence-corrected chi connectivity index (χ4v) is 7.63. The third kappa shape index (κ3) is 4.37. The maximum absolute atomic E-state index is 12.7.